The van der Waals surface area contributed by atoms with Crippen LogP contribution in [0, 0.1) is 5.82 Å². The molecule has 0 aromatic heterocycles. The molecule has 0 aliphatic carbocycles. The first-order valence-corrected chi connectivity index (χ1v) is 7.30. The van der Waals surface area contributed by atoms with E-state index in [2.05, 4.69) is 21.2 Å². The molecule has 0 saturated heterocycles. The molecule has 1 N–H and O–H groups in total. The molecule has 0 heterocycles. The number of halogens is 2. The Hall–Kier alpha value is -1.39. The molecule has 1 atom stereocenters. The number of hydrogen-bond acceptors (Lipinski definition) is 2. The van der Waals surface area contributed by atoms with Crippen LogP contribution in [-0.2, 0) is 0 Å². The van der Waals surface area contributed by atoms with Crippen LogP contribution in [0.25, 0.3) is 0 Å². The van der Waals surface area contributed by atoms with Gasteiger partial charge in [0.05, 0.1) is 17.1 Å². The molecular formula is C16H17BrFNO. The second kappa shape index (κ2) is 6.86. The van der Waals surface area contributed by atoms with Gasteiger partial charge >= 0.3 is 0 Å². The van der Waals surface area contributed by atoms with Gasteiger partial charge in [-0.05, 0) is 65.3 Å². The lowest BCUT2D eigenvalue weighted by molar-refractivity contribution is 0.338. The van der Waals surface area contributed by atoms with Crippen LogP contribution in [0.2, 0.25) is 0 Å². The summed E-state index contributed by atoms with van der Waals surface area (Å²) in [6.45, 7) is 2.58. The zero-order chi connectivity index (χ0) is 14.5. The van der Waals surface area contributed by atoms with E-state index in [1.807, 2.05) is 32.2 Å². The van der Waals surface area contributed by atoms with Crippen molar-refractivity contribution in [2.24, 2.45) is 0 Å². The van der Waals surface area contributed by atoms with E-state index in [1.54, 1.807) is 12.1 Å². The van der Waals surface area contributed by atoms with E-state index >= 15 is 0 Å². The maximum Gasteiger partial charge on any atom is 0.133 e. The summed E-state index contributed by atoms with van der Waals surface area (Å²) in [6, 6.07) is 12.5. The minimum atomic E-state index is -0.225. The number of ether oxygens (including phenoxy) is 1. The van der Waals surface area contributed by atoms with Crippen molar-refractivity contribution in [2.75, 3.05) is 13.7 Å². The number of hydrogen-bond donors (Lipinski definition) is 1. The minimum absolute atomic E-state index is 0.0163. The molecule has 2 nitrogen and oxygen atoms in total. The maximum atomic E-state index is 13.0. The summed E-state index contributed by atoms with van der Waals surface area (Å²) in [7, 11) is 1.89. The largest absolute Gasteiger partial charge is 0.493 e. The van der Waals surface area contributed by atoms with Crippen molar-refractivity contribution in [1.29, 1.82) is 0 Å². The van der Waals surface area contributed by atoms with Gasteiger partial charge in [-0.1, -0.05) is 18.2 Å². The van der Waals surface area contributed by atoms with E-state index in [1.165, 1.54) is 12.1 Å². The van der Waals surface area contributed by atoms with Crippen LogP contribution in [-0.4, -0.2) is 13.7 Å². The summed E-state index contributed by atoms with van der Waals surface area (Å²) in [5, 5.41) is 3.25. The second-order valence-electron chi connectivity index (χ2n) is 4.40. The normalized spacial score (nSPS) is 12.2. The lowest BCUT2D eigenvalue weighted by Crippen LogP contribution is -2.17. The van der Waals surface area contributed by atoms with Gasteiger partial charge in [-0.25, -0.2) is 4.39 Å². The molecule has 1 unspecified atom stereocenters. The van der Waals surface area contributed by atoms with Crippen molar-refractivity contribution in [3.63, 3.8) is 0 Å². The molecule has 4 heteroatoms. The molecular weight excluding hydrogens is 321 g/mol. The van der Waals surface area contributed by atoms with Crippen LogP contribution in [0.5, 0.6) is 5.75 Å². The first kappa shape index (κ1) is 15.0. The Kier molecular flexibility index (Phi) is 5.15. The van der Waals surface area contributed by atoms with Gasteiger partial charge in [0.15, 0.2) is 0 Å². The van der Waals surface area contributed by atoms with Gasteiger partial charge in [0.1, 0.15) is 11.6 Å². The van der Waals surface area contributed by atoms with Gasteiger partial charge in [-0.3, -0.25) is 0 Å². The Labute approximate surface area is 127 Å². The third kappa shape index (κ3) is 3.38. The average Bonchev–Trinajstić information content (AvgIpc) is 2.45. The fraction of sp³-hybridized carbons (Fsp3) is 0.250. The van der Waals surface area contributed by atoms with Gasteiger partial charge < -0.3 is 10.1 Å². The Bertz CT molecular complexity index is 571. The van der Waals surface area contributed by atoms with Crippen molar-refractivity contribution in [2.45, 2.75) is 13.0 Å². The minimum Gasteiger partial charge on any atom is -0.493 e. The first-order valence-electron chi connectivity index (χ1n) is 6.50. The first-order chi connectivity index (χ1) is 9.65. The summed E-state index contributed by atoms with van der Waals surface area (Å²) in [6.07, 6.45) is 0. The van der Waals surface area contributed by atoms with Crippen molar-refractivity contribution in [3.05, 3.63) is 63.9 Å². The molecule has 2 rings (SSSR count). The van der Waals surface area contributed by atoms with E-state index < -0.39 is 0 Å². The monoisotopic (exact) mass is 337 g/mol. The molecule has 0 aliphatic heterocycles. The van der Waals surface area contributed by atoms with Crippen molar-refractivity contribution < 1.29 is 9.13 Å². The molecule has 0 saturated carbocycles. The standard InChI is InChI=1S/C16H17BrFNO/c1-3-20-15-9-6-12(10-14(15)17)16(19-2)11-4-7-13(18)8-5-11/h4-10,16,19H,3H2,1-2H3. The van der Waals surface area contributed by atoms with Crippen LogP contribution in [0.4, 0.5) is 4.39 Å². The topological polar surface area (TPSA) is 21.3 Å². The van der Waals surface area contributed by atoms with Gasteiger partial charge in [0, 0.05) is 0 Å². The zero-order valence-electron chi connectivity index (χ0n) is 11.5. The average molecular weight is 338 g/mol. The quantitative estimate of drug-likeness (QED) is 0.878. The molecule has 20 heavy (non-hydrogen) atoms. The fourth-order valence-electron chi connectivity index (χ4n) is 2.15. The van der Waals surface area contributed by atoms with E-state index in [0.717, 1.165) is 21.3 Å². The van der Waals surface area contributed by atoms with Crippen LogP contribution >= 0.6 is 15.9 Å². The molecule has 106 valence electrons. The lowest BCUT2D eigenvalue weighted by atomic mass is 9.99. The molecule has 2 aromatic rings. The van der Waals surface area contributed by atoms with Gasteiger partial charge in [-0.15, -0.1) is 0 Å². The number of nitrogens with one attached hydrogen (secondary N) is 1. The number of benzene rings is 2. The van der Waals surface area contributed by atoms with E-state index in [4.69, 9.17) is 4.74 Å². The predicted molar refractivity (Wildman–Crippen MR) is 82.6 cm³/mol. The lowest BCUT2D eigenvalue weighted by Gasteiger charge is -2.18. The highest BCUT2D eigenvalue weighted by Crippen LogP contribution is 2.30. The summed E-state index contributed by atoms with van der Waals surface area (Å²) in [5.74, 6) is 0.599. The van der Waals surface area contributed by atoms with Crippen molar-refractivity contribution in [3.8, 4) is 5.75 Å². The molecule has 0 bridgehead atoms. The van der Waals surface area contributed by atoms with E-state index in [9.17, 15) is 4.39 Å². The Balaban J connectivity index is 2.32. The highest BCUT2D eigenvalue weighted by Gasteiger charge is 2.13. The Morgan fingerprint density at radius 3 is 2.35 bits per heavy atom. The van der Waals surface area contributed by atoms with Gasteiger partial charge in [0.25, 0.3) is 0 Å². The van der Waals surface area contributed by atoms with Crippen LogP contribution < -0.4 is 10.1 Å². The molecule has 2 aromatic carbocycles. The zero-order valence-corrected chi connectivity index (χ0v) is 13.1. The smallest absolute Gasteiger partial charge is 0.133 e. The fourth-order valence-corrected chi connectivity index (χ4v) is 2.66. The van der Waals surface area contributed by atoms with E-state index in [0.29, 0.717) is 6.61 Å². The molecule has 0 amide bonds. The van der Waals surface area contributed by atoms with Gasteiger partial charge in [-0.2, -0.15) is 0 Å². The van der Waals surface area contributed by atoms with Crippen molar-refractivity contribution >= 4 is 15.9 Å². The summed E-state index contributed by atoms with van der Waals surface area (Å²) < 4.78 is 19.4. The summed E-state index contributed by atoms with van der Waals surface area (Å²) in [5.41, 5.74) is 2.11. The highest BCUT2D eigenvalue weighted by atomic mass is 79.9. The number of rotatable bonds is 5. The van der Waals surface area contributed by atoms with Crippen LogP contribution in [0.15, 0.2) is 46.9 Å². The Morgan fingerprint density at radius 1 is 1.15 bits per heavy atom. The molecule has 0 aliphatic rings. The molecule has 0 radical (unpaired) electrons. The third-order valence-corrected chi connectivity index (χ3v) is 3.70. The summed E-state index contributed by atoms with van der Waals surface area (Å²) in [4.78, 5) is 0. The Morgan fingerprint density at radius 2 is 1.80 bits per heavy atom. The van der Waals surface area contributed by atoms with Crippen LogP contribution in [0.1, 0.15) is 24.1 Å². The maximum absolute atomic E-state index is 13.0. The third-order valence-electron chi connectivity index (χ3n) is 3.08. The highest BCUT2D eigenvalue weighted by molar-refractivity contribution is 9.10. The van der Waals surface area contributed by atoms with Crippen LogP contribution in [0.3, 0.4) is 0 Å². The summed E-state index contributed by atoms with van der Waals surface area (Å²) >= 11 is 3.52. The van der Waals surface area contributed by atoms with Gasteiger partial charge in [0.2, 0.25) is 0 Å². The van der Waals surface area contributed by atoms with Crippen molar-refractivity contribution in [1.82, 2.24) is 5.32 Å². The molecule has 0 fully saturated rings. The molecule has 0 spiro atoms. The second-order valence-corrected chi connectivity index (χ2v) is 5.25. The predicted octanol–water partition coefficient (Wildman–Crippen LogP) is 4.30. The SMILES string of the molecule is CCOc1ccc(C(NC)c2ccc(F)cc2)cc1Br. The van der Waals surface area contributed by atoms with E-state index in [-0.39, 0.29) is 11.9 Å².